The highest BCUT2D eigenvalue weighted by molar-refractivity contribution is 6.32. The molecular weight excluding hydrogens is 448 g/mol. The molecule has 2 unspecified atom stereocenters. The number of aromatic nitrogens is 1. The lowest BCUT2D eigenvalue weighted by atomic mass is 10.1. The van der Waals surface area contributed by atoms with E-state index in [1.807, 2.05) is 36.4 Å². The molecule has 0 radical (unpaired) electrons. The quantitative estimate of drug-likeness (QED) is 0.510. The summed E-state index contributed by atoms with van der Waals surface area (Å²) in [6, 6.07) is 16.9. The fourth-order valence-corrected chi connectivity index (χ4v) is 4.02. The largest absolute Gasteiger partial charge is 0.480 e. The highest BCUT2D eigenvalue weighted by Crippen LogP contribution is 2.28. The van der Waals surface area contributed by atoms with Crippen LogP contribution in [-0.4, -0.2) is 59.7 Å². The van der Waals surface area contributed by atoms with E-state index in [9.17, 15) is 14.7 Å². The van der Waals surface area contributed by atoms with Gasteiger partial charge in [0.05, 0.1) is 19.8 Å². The van der Waals surface area contributed by atoms with Crippen molar-refractivity contribution in [1.29, 1.82) is 0 Å². The van der Waals surface area contributed by atoms with Crippen LogP contribution in [0.4, 0.5) is 0 Å². The Balaban J connectivity index is 1.67. The second kappa shape index (κ2) is 10.8. The molecule has 174 valence electrons. The Kier molecular flexibility index (Phi) is 7.61. The number of morpholine rings is 1. The summed E-state index contributed by atoms with van der Waals surface area (Å²) in [4.78, 5) is 27.4. The molecule has 1 aliphatic heterocycles. The molecule has 3 aromatic rings. The standard InChI is InChI=1S/C24H25ClN2O6/c25-20-22(18-9-5-2-6-10-18)33-27(23(20)28)21(24(29)30)19(15-26-11-13-31-14-12-26)32-16-17-7-3-1-4-8-17/h1-10,19,21H,11-16H2,(H,29,30). The van der Waals surface area contributed by atoms with Crippen LogP contribution in [0.25, 0.3) is 11.3 Å². The molecule has 2 heterocycles. The van der Waals surface area contributed by atoms with Gasteiger partial charge in [-0.05, 0) is 5.56 Å². The molecule has 1 saturated heterocycles. The van der Waals surface area contributed by atoms with Gasteiger partial charge in [-0.25, -0.2) is 4.79 Å². The number of hydrogen-bond acceptors (Lipinski definition) is 6. The maximum absolute atomic E-state index is 13.0. The summed E-state index contributed by atoms with van der Waals surface area (Å²) >= 11 is 6.28. The van der Waals surface area contributed by atoms with E-state index in [-0.39, 0.29) is 17.4 Å². The summed E-state index contributed by atoms with van der Waals surface area (Å²) < 4.78 is 18.1. The summed E-state index contributed by atoms with van der Waals surface area (Å²) in [6.07, 6.45) is -0.871. The molecule has 1 N–H and O–H groups in total. The van der Waals surface area contributed by atoms with Crippen molar-refractivity contribution in [2.75, 3.05) is 32.8 Å². The number of carboxylic acids is 1. The number of carbonyl (C=O) groups is 1. The zero-order valence-corrected chi connectivity index (χ0v) is 18.7. The molecule has 0 amide bonds. The van der Waals surface area contributed by atoms with Gasteiger partial charge >= 0.3 is 11.5 Å². The zero-order chi connectivity index (χ0) is 23.2. The Morgan fingerprint density at radius 1 is 1.06 bits per heavy atom. The lowest BCUT2D eigenvalue weighted by Gasteiger charge is -2.32. The molecule has 1 fully saturated rings. The fourth-order valence-electron chi connectivity index (χ4n) is 3.80. The van der Waals surface area contributed by atoms with E-state index in [2.05, 4.69) is 4.90 Å². The maximum atomic E-state index is 13.0. The van der Waals surface area contributed by atoms with Crippen molar-refractivity contribution in [3.05, 3.63) is 81.6 Å². The van der Waals surface area contributed by atoms with Gasteiger partial charge in [-0.15, -0.1) is 0 Å². The van der Waals surface area contributed by atoms with Crippen LogP contribution < -0.4 is 5.56 Å². The number of benzene rings is 2. The Bertz CT molecular complexity index is 1110. The van der Waals surface area contributed by atoms with Crippen LogP contribution in [0.3, 0.4) is 0 Å². The summed E-state index contributed by atoms with van der Waals surface area (Å²) in [5, 5.41) is 9.97. The third-order valence-corrected chi connectivity index (χ3v) is 5.85. The Hall–Kier alpha value is -2.91. The Labute approximate surface area is 195 Å². The van der Waals surface area contributed by atoms with Gasteiger partial charge < -0.3 is 19.1 Å². The number of rotatable bonds is 9. The molecule has 4 rings (SSSR count). The predicted molar refractivity (Wildman–Crippen MR) is 122 cm³/mol. The van der Waals surface area contributed by atoms with Gasteiger partial charge in [0.2, 0.25) is 0 Å². The number of aliphatic carboxylic acids is 1. The van der Waals surface area contributed by atoms with E-state index in [4.69, 9.17) is 25.6 Å². The summed E-state index contributed by atoms with van der Waals surface area (Å²) in [6.45, 7) is 2.86. The molecule has 33 heavy (non-hydrogen) atoms. The Morgan fingerprint density at radius 3 is 2.33 bits per heavy atom. The number of carboxylic acid groups (broad SMARTS) is 1. The van der Waals surface area contributed by atoms with Crippen molar-refractivity contribution in [2.24, 2.45) is 0 Å². The van der Waals surface area contributed by atoms with E-state index in [0.717, 1.165) is 10.3 Å². The first kappa shape index (κ1) is 23.3. The molecule has 2 aromatic carbocycles. The summed E-state index contributed by atoms with van der Waals surface area (Å²) in [7, 11) is 0. The number of hydrogen-bond donors (Lipinski definition) is 1. The van der Waals surface area contributed by atoms with Gasteiger partial charge in [0, 0.05) is 25.2 Å². The monoisotopic (exact) mass is 472 g/mol. The Morgan fingerprint density at radius 2 is 1.70 bits per heavy atom. The third kappa shape index (κ3) is 5.54. The molecule has 9 heteroatoms. The van der Waals surface area contributed by atoms with Crippen molar-refractivity contribution in [2.45, 2.75) is 18.8 Å². The molecular formula is C24H25ClN2O6. The van der Waals surface area contributed by atoms with E-state index < -0.39 is 23.7 Å². The van der Waals surface area contributed by atoms with Crippen molar-refractivity contribution >= 4 is 17.6 Å². The van der Waals surface area contributed by atoms with E-state index in [1.165, 1.54) is 0 Å². The van der Waals surface area contributed by atoms with Crippen molar-refractivity contribution in [3.63, 3.8) is 0 Å². The fraction of sp³-hybridized carbons (Fsp3) is 0.333. The maximum Gasteiger partial charge on any atom is 0.332 e. The minimum absolute atomic E-state index is 0.127. The second-order valence-electron chi connectivity index (χ2n) is 7.76. The van der Waals surface area contributed by atoms with Crippen LogP contribution in [0, 0.1) is 0 Å². The number of ether oxygens (including phenoxy) is 2. The average Bonchev–Trinajstić information content (AvgIpc) is 3.13. The van der Waals surface area contributed by atoms with Crippen molar-refractivity contribution < 1.29 is 23.9 Å². The third-order valence-electron chi connectivity index (χ3n) is 5.52. The molecule has 0 saturated carbocycles. The van der Waals surface area contributed by atoms with E-state index >= 15 is 0 Å². The highest BCUT2D eigenvalue weighted by atomic mass is 35.5. The zero-order valence-electron chi connectivity index (χ0n) is 17.9. The SMILES string of the molecule is O=C(O)C(C(CN1CCOCC1)OCc1ccccc1)n1oc(-c2ccccc2)c(Cl)c1=O. The highest BCUT2D eigenvalue weighted by Gasteiger charge is 2.37. The van der Waals surface area contributed by atoms with E-state index in [0.29, 0.717) is 38.4 Å². The summed E-state index contributed by atoms with van der Waals surface area (Å²) in [5.74, 6) is -1.12. The normalized spacial score (nSPS) is 16.4. The lowest BCUT2D eigenvalue weighted by molar-refractivity contribution is -0.151. The molecule has 1 aliphatic rings. The van der Waals surface area contributed by atoms with Crippen LogP contribution in [0.5, 0.6) is 0 Å². The average molecular weight is 473 g/mol. The molecule has 0 bridgehead atoms. The predicted octanol–water partition coefficient (Wildman–Crippen LogP) is 3.31. The second-order valence-corrected chi connectivity index (χ2v) is 8.14. The minimum atomic E-state index is -1.40. The van der Waals surface area contributed by atoms with Crippen molar-refractivity contribution in [1.82, 2.24) is 9.64 Å². The first-order valence-electron chi connectivity index (χ1n) is 10.7. The van der Waals surface area contributed by atoms with Gasteiger partial charge in [0.15, 0.2) is 16.8 Å². The first-order valence-corrected chi connectivity index (χ1v) is 11.1. The van der Waals surface area contributed by atoms with Crippen LogP contribution in [0.2, 0.25) is 5.02 Å². The summed E-state index contributed by atoms with van der Waals surface area (Å²) in [5.41, 5.74) is 0.763. The minimum Gasteiger partial charge on any atom is -0.480 e. The number of halogens is 1. The molecule has 0 aliphatic carbocycles. The molecule has 0 spiro atoms. The first-order chi connectivity index (χ1) is 16.0. The van der Waals surface area contributed by atoms with Crippen LogP contribution in [0.15, 0.2) is 70.0 Å². The van der Waals surface area contributed by atoms with Gasteiger partial charge in [-0.2, -0.15) is 4.74 Å². The topological polar surface area (TPSA) is 94.1 Å². The molecule has 2 atom stereocenters. The van der Waals surface area contributed by atoms with Crippen LogP contribution >= 0.6 is 11.6 Å². The molecule has 8 nitrogen and oxygen atoms in total. The van der Waals surface area contributed by atoms with Gasteiger partial charge in [0.1, 0.15) is 6.10 Å². The van der Waals surface area contributed by atoms with Gasteiger partial charge in [-0.3, -0.25) is 9.69 Å². The van der Waals surface area contributed by atoms with Crippen molar-refractivity contribution in [3.8, 4) is 11.3 Å². The lowest BCUT2D eigenvalue weighted by Crippen LogP contribution is -2.47. The number of nitrogens with zero attached hydrogens (tertiary/aromatic N) is 2. The molecule has 1 aromatic heterocycles. The van der Waals surface area contributed by atoms with Crippen LogP contribution in [-0.2, 0) is 20.9 Å². The van der Waals surface area contributed by atoms with Gasteiger partial charge in [0.25, 0.3) is 0 Å². The van der Waals surface area contributed by atoms with E-state index in [1.54, 1.807) is 24.3 Å². The van der Waals surface area contributed by atoms with Gasteiger partial charge in [-0.1, -0.05) is 72.3 Å². The van der Waals surface area contributed by atoms with Crippen LogP contribution in [0.1, 0.15) is 11.6 Å². The smallest absolute Gasteiger partial charge is 0.332 e.